The van der Waals surface area contributed by atoms with Gasteiger partial charge in [0.15, 0.2) is 0 Å². The van der Waals surface area contributed by atoms with Crippen LogP contribution >= 0.6 is 0 Å². The van der Waals surface area contributed by atoms with E-state index in [4.69, 9.17) is 9.15 Å². The second-order valence-corrected chi connectivity index (χ2v) is 4.89. The van der Waals surface area contributed by atoms with Crippen LogP contribution in [0.5, 0.6) is 0 Å². The molecule has 1 heterocycles. The van der Waals surface area contributed by atoms with Crippen molar-refractivity contribution in [3.05, 3.63) is 59.5 Å². The first kappa shape index (κ1) is 14.8. The van der Waals surface area contributed by atoms with Gasteiger partial charge in [-0.3, -0.25) is 0 Å². The average Bonchev–Trinajstić information content (AvgIpc) is 2.88. The Bertz CT molecular complexity index is 479. The third-order valence-corrected chi connectivity index (χ3v) is 3.12. The molecule has 1 N–H and O–H groups in total. The van der Waals surface area contributed by atoms with E-state index in [1.165, 1.54) is 5.56 Å². The quantitative estimate of drug-likeness (QED) is 0.712. The fraction of sp³-hybridized carbons (Fsp3) is 0.412. The maximum atomic E-state index is 5.63. The first-order valence-electron chi connectivity index (χ1n) is 7.22. The van der Waals surface area contributed by atoms with Crippen molar-refractivity contribution in [1.29, 1.82) is 0 Å². The highest BCUT2D eigenvalue weighted by molar-refractivity contribution is 5.14. The average molecular weight is 273 g/mol. The Hall–Kier alpha value is -1.58. The van der Waals surface area contributed by atoms with E-state index in [-0.39, 0.29) is 0 Å². The molecule has 0 saturated carbocycles. The number of hydrogen-bond acceptors (Lipinski definition) is 3. The van der Waals surface area contributed by atoms with Gasteiger partial charge in [0.2, 0.25) is 0 Å². The summed E-state index contributed by atoms with van der Waals surface area (Å²) in [6, 6.07) is 14.4. The van der Waals surface area contributed by atoms with Gasteiger partial charge in [0, 0.05) is 6.61 Å². The van der Waals surface area contributed by atoms with E-state index in [9.17, 15) is 0 Å². The molecular formula is C17H23NO2. The molecule has 3 heteroatoms. The van der Waals surface area contributed by atoms with E-state index in [1.54, 1.807) is 0 Å². The van der Waals surface area contributed by atoms with E-state index < -0.39 is 0 Å². The van der Waals surface area contributed by atoms with Gasteiger partial charge < -0.3 is 14.5 Å². The SMILES string of the molecule is Cc1ccc(CNCCCOCCc2ccccc2)o1. The van der Waals surface area contributed by atoms with Crippen LogP contribution < -0.4 is 5.32 Å². The van der Waals surface area contributed by atoms with Crippen LogP contribution in [0, 0.1) is 6.92 Å². The molecule has 3 nitrogen and oxygen atoms in total. The topological polar surface area (TPSA) is 34.4 Å². The molecular weight excluding hydrogens is 250 g/mol. The van der Waals surface area contributed by atoms with E-state index in [1.807, 2.05) is 25.1 Å². The van der Waals surface area contributed by atoms with Crippen LogP contribution in [0.25, 0.3) is 0 Å². The molecule has 0 aliphatic heterocycles. The molecule has 0 amide bonds. The van der Waals surface area contributed by atoms with Gasteiger partial charge in [-0.2, -0.15) is 0 Å². The maximum absolute atomic E-state index is 5.63. The van der Waals surface area contributed by atoms with Gasteiger partial charge in [-0.05, 0) is 44.0 Å². The minimum Gasteiger partial charge on any atom is -0.465 e. The smallest absolute Gasteiger partial charge is 0.117 e. The normalized spacial score (nSPS) is 10.8. The molecule has 1 aromatic carbocycles. The van der Waals surface area contributed by atoms with Crippen molar-refractivity contribution in [3.8, 4) is 0 Å². The zero-order chi connectivity index (χ0) is 14.0. The molecule has 0 atom stereocenters. The Morgan fingerprint density at radius 2 is 1.90 bits per heavy atom. The minimum atomic E-state index is 0.790. The summed E-state index contributed by atoms with van der Waals surface area (Å²) in [4.78, 5) is 0. The van der Waals surface area contributed by atoms with Crippen molar-refractivity contribution in [3.63, 3.8) is 0 Å². The molecule has 0 bridgehead atoms. The molecule has 0 spiro atoms. The molecule has 0 fully saturated rings. The van der Waals surface area contributed by atoms with Crippen molar-refractivity contribution in [2.45, 2.75) is 26.3 Å². The zero-order valence-electron chi connectivity index (χ0n) is 12.1. The molecule has 0 aliphatic rings. The maximum Gasteiger partial charge on any atom is 0.117 e. The van der Waals surface area contributed by atoms with E-state index in [0.717, 1.165) is 50.7 Å². The zero-order valence-corrected chi connectivity index (χ0v) is 12.1. The van der Waals surface area contributed by atoms with E-state index >= 15 is 0 Å². The fourth-order valence-corrected chi connectivity index (χ4v) is 2.03. The van der Waals surface area contributed by atoms with Crippen LogP contribution in [0.1, 0.15) is 23.5 Å². The molecule has 1 aromatic heterocycles. The monoisotopic (exact) mass is 273 g/mol. The Labute approximate surface area is 121 Å². The van der Waals surface area contributed by atoms with E-state index in [0.29, 0.717) is 0 Å². The number of hydrogen-bond donors (Lipinski definition) is 1. The first-order valence-corrected chi connectivity index (χ1v) is 7.22. The number of rotatable bonds is 9. The lowest BCUT2D eigenvalue weighted by molar-refractivity contribution is 0.134. The lowest BCUT2D eigenvalue weighted by Crippen LogP contribution is -2.16. The summed E-state index contributed by atoms with van der Waals surface area (Å²) in [5, 5.41) is 3.35. The lowest BCUT2D eigenvalue weighted by atomic mass is 10.2. The van der Waals surface area contributed by atoms with E-state index in [2.05, 4.69) is 29.6 Å². The predicted molar refractivity (Wildman–Crippen MR) is 80.7 cm³/mol. The molecule has 0 unspecified atom stereocenters. The standard InChI is InChI=1S/C17H23NO2/c1-15-8-9-17(20-15)14-18-11-5-12-19-13-10-16-6-3-2-4-7-16/h2-4,6-9,18H,5,10-14H2,1H3. The van der Waals surface area contributed by atoms with Gasteiger partial charge in [-0.1, -0.05) is 30.3 Å². The van der Waals surface area contributed by atoms with Crippen molar-refractivity contribution >= 4 is 0 Å². The highest BCUT2D eigenvalue weighted by Crippen LogP contribution is 2.05. The summed E-state index contributed by atoms with van der Waals surface area (Å²) in [6.45, 7) is 5.30. The summed E-state index contributed by atoms with van der Waals surface area (Å²) in [7, 11) is 0. The highest BCUT2D eigenvalue weighted by atomic mass is 16.5. The van der Waals surface area contributed by atoms with Gasteiger partial charge in [0.1, 0.15) is 11.5 Å². The summed E-state index contributed by atoms with van der Waals surface area (Å²) in [5.41, 5.74) is 1.33. The van der Waals surface area contributed by atoms with Crippen LogP contribution in [0.15, 0.2) is 46.9 Å². The summed E-state index contributed by atoms with van der Waals surface area (Å²) >= 11 is 0. The number of nitrogens with one attached hydrogen (secondary N) is 1. The second-order valence-electron chi connectivity index (χ2n) is 4.89. The van der Waals surface area contributed by atoms with Crippen molar-refractivity contribution in [2.24, 2.45) is 0 Å². The largest absolute Gasteiger partial charge is 0.465 e. The minimum absolute atomic E-state index is 0.790. The van der Waals surface area contributed by atoms with Gasteiger partial charge in [-0.25, -0.2) is 0 Å². The Morgan fingerprint density at radius 1 is 1.05 bits per heavy atom. The second kappa shape index (κ2) is 8.56. The van der Waals surface area contributed by atoms with Gasteiger partial charge >= 0.3 is 0 Å². The molecule has 108 valence electrons. The molecule has 20 heavy (non-hydrogen) atoms. The first-order chi connectivity index (χ1) is 9.84. The lowest BCUT2D eigenvalue weighted by Gasteiger charge is -2.05. The summed E-state index contributed by atoms with van der Waals surface area (Å²) in [6.07, 6.45) is 2.01. The molecule has 2 aromatic rings. The number of benzene rings is 1. The number of furan rings is 1. The molecule has 0 radical (unpaired) electrons. The summed E-state index contributed by atoms with van der Waals surface area (Å²) in [5.74, 6) is 1.96. The molecule has 2 rings (SSSR count). The van der Waals surface area contributed by atoms with Crippen LogP contribution in [-0.2, 0) is 17.7 Å². The Kier molecular flexibility index (Phi) is 6.35. The van der Waals surface area contributed by atoms with Crippen LogP contribution in [-0.4, -0.2) is 19.8 Å². The van der Waals surface area contributed by atoms with Gasteiger partial charge in [0.05, 0.1) is 13.2 Å². The van der Waals surface area contributed by atoms with Gasteiger partial charge in [0.25, 0.3) is 0 Å². The van der Waals surface area contributed by atoms with Crippen molar-refractivity contribution in [1.82, 2.24) is 5.32 Å². The predicted octanol–water partition coefficient (Wildman–Crippen LogP) is 3.33. The van der Waals surface area contributed by atoms with Crippen LogP contribution in [0.4, 0.5) is 0 Å². The highest BCUT2D eigenvalue weighted by Gasteiger charge is 1.97. The third kappa shape index (κ3) is 5.59. The fourth-order valence-electron chi connectivity index (χ4n) is 2.03. The molecule has 0 aliphatic carbocycles. The van der Waals surface area contributed by atoms with Crippen LogP contribution in [0.2, 0.25) is 0 Å². The van der Waals surface area contributed by atoms with Gasteiger partial charge in [-0.15, -0.1) is 0 Å². The Morgan fingerprint density at radius 3 is 2.65 bits per heavy atom. The number of aryl methyl sites for hydroxylation is 1. The number of ether oxygens (including phenoxy) is 1. The molecule has 0 saturated heterocycles. The Balaban J connectivity index is 1.44. The van der Waals surface area contributed by atoms with Crippen molar-refractivity contribution in [2.75, 3.05) is 19.8 Å². The van der Waals surface area contributed by atoms with Crippen molar-refractivity contribution < 1.29 is 9.15 Å². The summed E-state index contributed by atoms with van der Waals surface area (Å²) < 4.78 is 11.1. The van der Waals surface area contributed by atoms with Crippen LogP contribution in [0.3, 0.4) is 0 Å². The third-order valence-electron chi connectivity index (χ3n) is 3.12.